The first-order valence-electron chi connectivity index (χ1n) is 8.77. The number of nitrogens with zero attached hydrogens (tertiary/aromatic N) is 1. The first-order chi connectivity index (χ1) is 12.3. The number of aliphatic hydroxyl groups is 2. The molecule has 0 aromatic heterocycles. The number of hydrogen-bond donors (Lipinski definition) is 4. The molecule has 7 heteroatoms. The minimum absolute atomic E-state index is 0.0288. The Hall–Kier alpha value is -2.25. The second-order valence-electron chi connectivity index (χ2n) is 6.63. The van der Waals surface area contributed by atoms with Crippen LogP contribution in [0.15, 0.2) is 17.9 Å². The van der Waals surface area contributed by atoms with Gasteiger partial charge in [0.1, 0.15) is 23.9 Å². The first-order valence-corrected chi connectivity index (χ1v) is 8.77. The van der Waals surface area contributed by atoms with Crippen LogP contribution >= 0.6 is 0 Å². The number of carbonyl (C=O) groups is 1. The summed E-state index contributed by atoms with van der Waals surface area (Å²) in [5, 5.41) is 40.7. The van der Waals surface area contributed by atoms with Crippen molar-refractivity contribution < 1.29 is 30.0 Å². The molecule has 0 amide bonds. The van der Waals surface area contributed by atoms with Crippen molar-refractivity contribution in [2.24, 2.45) is 5.92 Å². The molecule has 1 aliphatic carbocycles. The Morgan fingerprint density at radius 1 is 1.19 bits per heavy atom. The third kappa shape index (κ3) is 4.11. The molecule has 0 radical (unpaired) electrons. The van der Waals surface area contributed by atoms with Crippen LogP contribution in [0.25, 0.3) is 5.57 Å². The molecule has 1 aromatic carbocycles. The van der Waals surface area contributed by atoms with Crippen LogP contribution < -0.4 is 4.90 Å². The van der Waals surface area contributed by atoms with Crippen molar-refractivity contribution in [3.05, 3.63) is 23.5 Å². The fraction of sp³-hybridized carbons (Fsp3) is 0.526. The number of phenols is 2. The van der Waals surface area contributed by atoms with Crippen molar-refractivity contribution in [3.8, 4) is 11.5 Å². The normalized spacial score (nSPS) is 19.4. The van der Waals surface area contributed by atoms with Gasteiger partial charge in [0.05, 0.1) is 18.3 Å². The number of hydrogen-bond acceptors (Lipinski definition) is 7. The maximum Gasteiger partial charge on any atom is 0.155 e. The Balaban J connectivity index is 2.22. The lowest BCUT2D eigenvalue weighted by atomic mass is 9.77. The highest BCUT2D eigenvalue weighted by Crippen LogP contribution is 2.47. The highest BCUT2D eigenvalue weighted by molar-refractivity contribution is 5.84. The molecular weight excluding hydrogens is 338 g/mol. The second kappa shape index (κ2) is 8.42. The highest BCUT2D eigenvalue weighted by Gasteiger charge is 2.39. The topological polar surface area (TPSA) is 110 Å². The van der Waals surface area contributed by atoms with Gasteiger partial charge >= 0.3 is 0 Å². The standard InChI is InChI=1S/C19H27NO6/c1-4-5-20(6-7-26-10-11(2)21)13-8-14(22)16(15(23)9-13)17-18(24)12(3)19(17)25/h8-9,12,18,22-25H,4-7,10H2,1-3H3. The molecule has 1 aromatic rings. The summed E-state index contributed by atoms with van der Waals surface area (Å²) >= 11 is 0. The van der Waals surface area contributed by atoms with Gasteiger partial charge in [-0.3, -0.25) is 4.79 Å². The molecule has 0 heterocycles. The molecule has 0 saturated carbocycles. The zero-order valence-corrected chi connectivity index (χ0v) is 15.4. The number of anilines is 1. The molecule has 2 unspecified atom stereocenters. The molecule has 0 fully saturated rings. The van der Waals surface area contributed by atoms with Crippen LogP contribution in [0.4, 0.5) is 5.69 Å². The maximum atomic E-state index is 10.9. The fourth-order valence-electron chi connectivity index (χ4n) is 3.06. The number of rotatable bonds is 9. The van der Waals surface area contributed by atoms with E-state index >= 15 is 0 Å². The van der Waals surface area contributed by atoms with E-state index in [-0.39, 0.29) is 40.8 Å². The van der Waals surface area contributed by atoms with Crippen LogP contribution in [-0.2, 0) is 9.53 Å². The van der Waals surface area contributed by atoms with Crippen LogP contribution in [0.1, 0.15) is 32.8 Å². The van der Waals surface area contributed by atoms with Gasteiger partial charge in [-0.1, -0.05) is 13.8 Å². The van der Waals surface area contributed by atoms with Gasteiger partial charge in [-0.2, -0.15) is 0 Å². The van der Waals surface area contributed by atoms with E-state index < -0.39 is 12.0 Å². The fourth-order valence-corrected chi connectivity index (χ4v) is 3.06. The monoisotopic (exact) mass is 365 g/mol. The molecule has 0 saturated heterocycles. The first kappa shape index (κ1) is 20.1. The molecule has 7 nitrogen and oxygen atoms in total. The van der Waals surface area contributed by atoms with Crippen molar-refractivity contribution in [1.82, 2.24) is 0 Å². The lowest BCUT2D eigenvalue weighted by molar-refractivity contribution is -0.121. The average Bonchev–Trinajstić information content (AvgIpc) is 2.59. The third-order valence-electron chi connectivity index (χ3n) is 4.50. The summed E-state index contributed by atoms with van der Waals surface area (Å²) in [6, 6.07) is 2.98. The summed E-state index contributed by atoms with van der Waals surface area (Å²) in [5.74, 6) is -0.915. The number of benzene rings is 1. The van der Waals surface area contributed by atoms with Crippen LogP contribution in [0, 0.1) is 5.92 Å². The van der Waals surface area contributed by atoms with Crippen molar-refractivity contribution in [3.63, 3.8) is 0 Å². The quantitative estimate of drug-likeness (QED) is 0.497. The number of phenolic OH excluding ortho intramolecular Hbond substituents is 2. The van der Waals surface area contributed by atoms with Gasteiger partial charge in [0.25, 0.3) is 0 Å². The van der Waals surface area contributed by atoms with Gasteiger partial charge in [-0.25, -0.2) is 0 Å². The molecule has 4 N–H and O–H groups in total. The molecule has 1 aliphatic rings. The van der Waals surface area contributed by atoms with Crippen LogP contribution in [0.3, 0.4) is 0 Å². The number of aromatic hydroxyl groups is 2. The van der Waals surface area contributed by atoms with Crippen LogP contribution in [0.5, 0.6) is 11.5 Å². The summed E-state index contributed by atoms with van der Waals surface area (Å²) in [5.41, 5.74) is 0.811. The third-order valence-corrected chi connectivity index (χ3v) is 4.50. The minimum atomic E-state index is -0.927. The van der Waals surface area contributed by atoms with E-state index in [0.717, 1.165) is 6.42 Å². The number of ketones is 1. The summed E-state index contributed by atoms with van der Waals surface area (Å²) in [6.07, 6.45) is -0.0811. The predicted molar refractivity (Wildman–Crippen MR) is 98.5 cm³/mol. The Bertz CT molecular complexity index is 676. The zero-order valence-electron chi connectivity index (χ0n) is 15.4. The SMILES string of the molecule is CCCN(CCOCC(C)=O)c1cc(O)c(C2=C(O)C(C)C2O)c(O)c1. The number of carbonyl (C=O) groups excluding carboxylic acids is 1. The van der Waals surface area contributed by atoms with Crippen molar-refractivity contribution in [1.29, 1.82) is 0 Å². The number of Topliss-reactive ketones (excluding diaryl/α,β-unsaturated/α-hetero) is 1. The second-order valence-corrected chi connectivity index (χ2v) is 6.63. The Morgan fingerprint density at radius 3 is 2.31 bits per heavy atom. The lowest BCUT2D eigenvalue weighted by Gasteiger charge is -2.34. The van der Waals surface area contributed by atoms with E-state index in [1.54, 1.807) is 6.92 Å². The van der Waals surface area contributed by atoms with E-state index in [0.29, 0.717) is 25.4 Å². The van der Waals surface area contributed by atoms with E-state index in [2.05, 4.69) is 0 Å². The van der Waals surface area contributed by atoms with Gasteiger partial charge in [0.15, 0.2) is 5.78 Å². The molecule has 0 aliphatic heterocycles. The summed E-state index contributed by atoms with van der Waals surface area (Å²) in [7, 11) is 0. The lowest BCUT2D eigenvalue weighted by Crippen LogP contribution is -2.33. The van der Waals surface area contributed by atoms with E-state index in [1.807, 2.05) is 11.8 Å². The molecule has 2 rings (SSSR count). The molecular formula is C19H27NO6. The van der Waals surface area contributed by atoms with Gasteiger partial charge in [0, 0.05) is 42.4 Å². The predicted octanol–water partition coefficient (Wildman–Crippen LogP) is 2.20. The zero-order chi connectivity index (χ0) is 19.4. The smallest absolute Gasteiger partial charge is 0.155 e. The Kier molecular flexibility index (Phi) is 6.50. The van der Waals surface area contributed by atoms with Gasteiger partial charge < -0.3 is 30.1 Å². The summed E-state index contributed by atoms with van der Waals surface area (Å²) < 4.78 is 5.29. The molecule has 0 bridgehead atoms. The minimum Gasteiger partial charge on any atom is -0.512 e. The van der Waals surface area contributed by atoms with E-state index in [1.165, 1.54) is 19.1 Å². The maximum absolute atomic E-state index is 10.9. The highest BCUT2D eigenvalue weighted by atomic mass is 16.5. The average molecular weight is 365 g/mol. The molecule has 144 valence electrons. The number of ether oxygens (including phenoxy) is 1. The van der Waals surface area contributed by atoms with Crippen molar-refractivity contribution in [2.45, 2.75) is 33.3 Å². The largest absolute Gasteiger partial charge is 0.512 e. The summed E-state index contributed by atoms with van der Waals surface area (Å²) in [6.45, 7) is 6.69. The van der Waals surface area contributed by atoms with Gasteiger partial charge in [-0.15, -0.1) is 0 Å². The van der Waals surface area contributed by atoms with Crippen LogP contribution in [0.2, 0.25) is 0 Å². The van der Waals surface area contributed by atoms with E-state index in [9.17, 15) is 25.2 Å². The Labute approximate surface area is 153 Å². The van der Waals surface area contributed by atoms with Crippen molar-refractivity contribution >= 4 is 17.0 Å². The molecule has 2 atom stereocenters. The summed E-state index contributed by atoms with van der Waals surface area (Å²) in [4.78, 5) is 12.9. The van der Waals surface area contributed by atoms with E-state index in [4.69, 9.17) is 4.74 Å². The van der Waals surface area contributed by atoms with Gasteiger partial charge in [-0.05, 0) is 13.3 Å². The van der Waals surface area contributed by atoms with Gasteiger partial charge in [0.2, 0.25) is 0 Å². The van der Waals surface area contributed by atoms with Crippen LogP contribution in [-0.4, -0.2) is 58.6 Å². The Morgan fingerprint density at radius 2 is 1.81 bits per heavy atom. The number of aliphatic hydroxyl groups excluding tert-OH is 2. The molecule has 26 heavy (non-hydrogen) atoms. The van der Waals surface area contributed by atoms with Crippen molar-refractivity contribution in [2.75, 3.05) is 31.2 Å². The molecule has 0 spiro atoms.